The van der Waals surface area contributed by atoms with Gasteiger partial charge in [-0.25, -0.2) is 47.1 Å². The van der Waals surface area contributed by atoms with Crippen molar-refractivity contribution in [1.82, 2.24) is 30.2 Å². The Hall–Kier alpha value is -5.96. The van der Waals surface area contributed by atoms with Crippen LogP contribution in [0, 0.1) is 6.92 Å². The van der Waals surface area contributed by atoms with Crippen LogP contribution in [-0.2, 0) is 90.1 Å². The summed E-state index contributed by atoms with van der Waals surface area (Å²) in [7, 11) is -18.4. The van der Waals surface area contributed by atoms with E-state index in [-0.39, 0.29) is 10.1 Å². The predicted molar refractivity (Wildman–Crippen MR) is 587 cm³/mol. The van der Waals surface area contributed by atoms with Crippen LogP contribution in [0.25, 0.3) is 16.6 Å². The maximum Gasteiger partial charge on any atom is 0.192 e. The summed E-state index contributed by atoms with van der Waals surface area (Å²) < 4.78 is 130. The molecule has 5 aromatic carbocycles. The summed E-state index contributed by atoms with van der Waals surface area (Å²) in [6.45, 7) is 54.9. The lowest BCUT2D eigenvalue weighted by Gasteiger charge is -2.38. The van der Waals surface area contributed by atoms with Gasteiger partial charge in [-0.2, -0.15) is 0 Å². The Morgan fingerprint density at radius 3 is 1.04 bits per heavy atom. The second kappa shape index (κ2) is 57.4. The number of anilines is 3. The van der Waals surface area contributed by atoms with Gasteiger partial charge < -0.3 is 24.1 Å². The highest BCUT2D eigenvalue weighted by molar-refractivity contribution is 7.93. The molecule has 0 aliphatic heterocycles. The van der Waals surface area contributed by atoms with Gasteiger partial charge in [-0.05, 0) is 343 Å². The molecule has 20 nitrogen and oxygen atoms in total. The number of aromatic nitrogens is 6. The van der Waals surface area contributed by atoms with E-state index in [1.165, 1.54) is 67.8 Å². The topological polar surface area (TPSA) is 277 Å². The molecule has 8 rings (SSSR count). The molecule has 3 aromatic heterocycles. The summed E-state index contributed by atoms with van der Waals surface area (Å²) in [5.74, 6) is 1.56. The molecule has 0 aliphatic rings. The SMILES string of the molecule is CC(C)(C)S(=O)(=O)CCCCCCCc1ccc(-n2ncnn2)cc1.CC(C)(C)S(=O)(=O)CCCCCCCc1ccc(Nc2ccccc2)cc1.CC(C)(C)S(=O)(=O)CCCCCCCc1ccc2[nH]ccc2c1.CC(C)(C)[Si](C)(C)OCCN(CCO[Si](C)(C)C(C)(C)C)c1ccc(CCCCCCCS(=O)(=O)C(C)(C)C)cc1.Cc1csc(CCCCCCCS(=O)(=O)C(C)(C)C)n1. The van der Waals surface area contributed by atoms with Gasteiger partial charge in [-0.15, -0.1) is 26.3 Å². The van der Waals surface area contributed by atoms with Crippen molar-refractivity contribution in [2.75, 3.05) is 65.3 Å². The van der Waals surface area contributed by atoms with Gasteiger partial charge in [-0.3, -0.25) is 0 Å². The van der Waals surface area contributed by atoms with Crippen molar-refractivity contribution in [3.05, 3.63) is 178 Å². The third kappa shape index (κ3) is 46.4. The van der Waals surface area contributed by atoms with Gasteiger partial charge in [0.25, 0.3) is 0 Å². The number of hydrogen-bond donors (Lipinski definition) is 2. The van der Waals surface area contributed by atoms with E-state index >= 15 is 0 Å². The fourth-order valence-corrected chi connectivity index (χ4v) is 22.9. The second-order valence-electron chi connectivity index (χ2n) is 45.0. The van der Waals surface area contributed by atoms with Crippen LogP contribution < -0.4 is 10.2 Å². The first-order chi connectivity index (χ1) is 63.1. The molecular formula is C108H182N8O12S6Si2. The van der Waals surface area contributed by atoms with Crippen LogP contribution >= 0.6 is 11.3 Å². The molecule has 0 spiro atoms. The van der Waals surface area contributed by atoms with Crippen LogP contribution in [-0.4, -0.2) is 168 Å². The number of nitrogens with one attached hydrogen (secondary N) is 2. The minimum absolute atomic E-state index is 0.203. The van der Waals surface area contributed by atoms with Crippen molar-refractivity contribution in [3.8, 4) is 5.69 Å². The van der Waals surface area contributed by atoms with Gasteiger partial charge in [0.1, 0.15) is 0 Å². The number of rotatable bonds is 52. The Balaban J connectivity index is 0.000000363. The number of nitrogens with zero attached hydrogens (tertiary/aromatic N) is 6. The normalized spacial score (nSPS) is 13.0. The summed E-state index contributed by atoms with van der Waals surface area (Å²) in [6, 6.07) is 44.7. The average molecular weight is 2030 g/mol. The van der Waals surface area contributed by atoms with Gasteiger partial charge in [0, 0.05) is 52.9 Å². The number of benzene rings is 5. The van der Waals surface area contributed by atoms with Crippen molar-refractivity contribution < 1.29 is 50.9 Å². The Morgan fingerprint density at radius 2 is 0.706 bits per heavy atom. The van der Waals surface area contributed by atoms with Crippen molar-refractivity contribution in [2.24, 2.45) is 0 Å². The van der Waals surface area contributed by atoms with E-state index in [9.17, 15) is 42.1 Å². The Bertz CT molecular complexity index is 5220. The zero-order chi connectivity index (χ0) is 102. The molecular weight excluding hydrogens is 1850 g/mol. The van der Waals surface area contributed by atoms with E-state index in [2.05, 4.69) is 206 Å². The van der Waals surface area contributed by atoms with Gasteiger partial charge in [0.2, 0.25) is 0 Å². The molecule has 0 radical (unpaired) electrons. The monoisotopic (exact) mass is 2030 g/mol. The van der Waals surface area contributed by atoms with Crippen molar-refractivity contribution in [2.45, 2.75) is 405 Å². The van der Waals surface area contributed by atoms with E-state index in [1.54, 1.807) is 115 Å². The van der Waals surface area contributed by atoms with Crippen LogP contribution in [0.1, 0.15) is 339 Å². The first kappa shape index (κ1) is 122. The maximum absolute atomic E-state index is 12.3. The molecule has 0 bridgehead atoms. The lowest BCUT2D eigenvalue weighted by molar-refractivity contribution is 0.276. The zero-order valence-electron chi connectivity index (χ0n) is 89.0. The third-order valence-corrected chi connectivity index (χ3v) is 49.9. The molecule has 0 aliphatic carbocycles. The molecule has 0 fully saturated rings. The van der Waals surface area contributed by atoms with Crippen molar-refractivity contribution in [1.29, 1.82) is 0 Å². The van der Waals surface area contributed by atoms with Crippen LogP contribution in [0.15, 0.2) is 145 Å². The Kier molecular flexibility index (Phi) is 51.6. The van der Waals surface area contributed by atoms with Crippen LogP contribution in [0.3, 0.4) is 0 Å². The number of thiazole rings is 1. The molecule has 28 heteroatoms. The van der Waals surface area contributed by atoms with Crippen LogP contribution in [0.2, 0.25) is 36.3 Å². The van der Waals surface area contributed by atoms with E-state index in [1.807, 2.05) is 43.5 Å². The first-order valence-electron chi connectivity index (χ1n) is 50.5. The molecule has 0 unspecified atom stereocenters. The van der Waals surface area contributed by atoms with Gasteiger partial charge >= 0.3 is 0 Å². The largest absolute Gasteiger partial charge is 0.415 e. The molecule has 0 amide bonds. The molecule has 770 valence electrons. The molecule has 136 heavy (non-hydrogen) atoms. The third-order valence-electron chi connectivity index (χ3n) is 26.4. The lowest BCUT2D eigenvalue weighted by Crippen LogP contribution is -2.44. The van der Waals surface area contributed by atoms with E-state index < -0.39 is 89.6 Å². The summed E-state index contributed by atoms with van der Waals surface area (Å²) in [5, 5.41) is 20.0. The van der Waals surface area contributed by atoms with Crippen molar-refractivity contribution in [3.63, 3.8) is 0 Å². The second-order valence-corrected chi connectivity index (χ2v) is 69.9. The fourth-order valence-electron chi connectivity index (χ4n) is 14.0. The number of fused-ring (bicyclic) bond motifs is 1. The molecule has 8 aromatic rings. The average Bonchev–Trinajstić information content (AvgIpc) is 0.935. The molecule has 3 heterocycles. The Morgan fingerprint density at radius 1 is 0.382 bits per heavy atom. The summed E-state index contributed by atoms with van der Waals surface area (Å²) in [5.41, 5.74) is 12.0. The molecule has 0 saturated carbocycles. The Labute approximate surface area is 833 Å². The van der Waals surface area contributed by atoms with E-state index in [4.69, 9.17) is 8.85 Å². The lowest BCUT2D eigenvalue weighted by atomic mass is 10.0. The number of unbranched alkanes of at least 4 members (excludes halogenated alkanes) is 20. The van der Waals surface area contributed by atoms with Crippen LogP contribution in [0.4, 0.5) is 17.1 Å². The molecule has 0 saturated heterocycles. The number of tetrazole rings is 1. The minimum atomic E-state index is -3.00. The number of sulfone groups is 5. The quantitative estimate of drug-likeness (QED) is 0.0265. The van der Waals surface area contributed by atoms with E-state index in [0.29, 0.717) is 28.8 Å². The summed E-state index contributed by atoms with van der Waals surface area (Å²) in [4.78, 5) is 11.6. The number of para-hydroxylation sites is 1. The van der Waals surface area contributed by atoms with Gasteiger partial charge in [-0.1, -0.05) is 199 Å². The highest BCUT2D eigenvalue weighted by atomic mass is 32.2. The number of aromatic amines is 1. The molecule has 2 N–H and O–H groups in total. The highest BCUT2D eigenvalue weighted by Gasteiger charge is 2.39. The fraction of sp³-hybridized carbons (Fsp3) is 0.667. The highest BCUT2D eigenvalue weighted by Crippen LogP contribution is 2.39. The van der Waals surface area contributed by atoms with E-state index in [0.717, 1.165) is 229 Å². The maximum atomic E-state index is 12.3. The van der Waals surface area contributed by atoms with Crippen molar-refractivity contribution >= 4 is 105 Å². The predicted octanol–water partition coefficient (Wildman–Crippen LogP) is 27.8. The smallest absolute Gasteiger partial charge is 0.192 e. The number of aryl methyl sites for hydroxylation is 6. The number of H-pyrrole nitrogens is 1. The van der Waals surface area contributed by atoms with Crippen LogP contribution in [0.5, 0.6) is 0 Å². The number of hydrogen-bond acceptors (Lipinski definition) is 19. The zero-order valence-corrected chi connectivity index (χ0v) is 95.9. The summed E-state index contributed by atoms with van der Waals surface area (Å²) in [6.07, 6.45) is 34.5. The minimum Gasteiger partial charge on any atom is -0.415 e. The molecule has 0 atom stereocenters. The van der Waals surface area contributed by atoms with Gasteiger partial charge in [0.05, 0.1) is 76.4 Å². The standard InChI is InChI=1S/C33H65NO4SSi2.C23H33NO2S.C19H29NO2S.C18H28N4O2S.C15H27NO2S2/c1-31(2,3)39(35,36)28-18-16-14-15-17-19-29-20-22-30(23-21-29)34(24-26-37-40(10,11)32(4,5)6)25-27-38-41(12,13)33(7,8)9;1-23(2,3)27(25,26)19-11-6-4-5-8-12-20-15-17-22(18-16-20)24-21-13-9-7-10-14-21;1-19(2,3)23(21,22)14-8-6-4-5-7-9-16-10-11-18-17(15-16)12-13-20-18;1-18(2,3)25(23,24)14-8-6-4-5-7-9-16-10-12-17(13-11-16)22-20-15-19-21-22;1-13-12-19-14(16-13)10-8-6-5-7-9-11-20(17,18)15(2,3)4/h20-23H,14-19,24-28H2,1-13H3;7,9-10,13-18,24H,4-6,8,11-12,19H2,1-3H3;10-13,15,20H,4-9,14H2,1-3H3;10-13,15H,4-9,14H2,1-3H3;12H,5-11H2,1-4H3. The summed E-state index contributed by atoms with van der Waals surface area (Å²) >= 11 is 1.73. The first-order valence-corrected chi connectivity index (χ1v) is 65.5. The van der Waals surface area contributed by atoms with Gasteiger partial charge in [0.15, 0.2) is 72.1 Å².